The summed E-state index contributed by atoms with van der Waals surface area (Å²) >= 11 is 0. The van der Waals surface area contributed by atoms with E-state index in [0.29, 0.717) is 11.6 Å². The third-order valence-corrected chi connectivity index (χ3v) is 2.70. The lowest BCUT2D eigenvalue weighted by Gasteiger charge is -2.07. The molecule has 1 heterocycles. The largest absolute Gasteiger partial charge is 0.435 e. The molecule has 0 aliphatic heterocycles. The molecule has 0 saturated carbocycles. The van der Waals surface area contributed by atoms with Gasteiger partial charge in [0.15, 0.2) is 5.69 Å². The summed E-state index contributed by atoms with van der Waals surface area (Å²) in [5.74, 6) is 0.391. The summed E-state index contributed by atoms with van der Waals surface area (Å²) in [5, 5.41) is 3.52. The zero-order valence-electron chi connectivity index (χ0n) is 10.1. The quantitative estimate of drug-likeness (QED) is 0.791. The number of nitrogens with zero attached hydrogens (tertiary/aromatic N) is 2. The number of aromatic nitrogens is 2. The van der Waals surface area contributed by atoms with E-state index in [-0.39, 0.29) is 0 Å². The number of rotatable bonds is 2. The molecule has 0 radical (unpaired) electrons. The fourth-order valence-electron chi connectivity index (χ4n) is 1.63. The van der Waals surface area contributed by atoms with Crippen LogP contribution >= 0.6 is 0 Å². The first-order chi connectivity index (χ1) is 8.38. The first-order valence-electron chi connectivity index (χ1n) is 5.61. The second-order valence-electron chi connectivity index (χ2n) is 4.39. The lowest BCUT2D eigenvalue weighted by Crippen LogP contribution is -2.07. The second-order valence-corrected chi connectivity index (χ2v) is 4.39. The zero-order valence-corrected chi connectivity index (χ0v) is 10.1. The van der Waals surface area contributed by atoms with Gasteiger partial charge in [-0.05, 0) is 29.7 Å². The van der Waals surface area contributed by atoms with Crippen molar-refractivity contribution in [2.45, 2.75) is 25.9 Å². The van der Waals surface area contributed by atoms with Gasteiger partial charge in [0.05, 0.1) is 5.69 Å². The Bertz CT molecular complexity index is 524. The Labute approximate surface area is 103 Å². The van der Waals surface area contributed by atoms with Gasteiger partial charge in [0.1, 0.15) is 0 Å². The van der Waals surface area contributed by atoms with Crippen LogP contribution in [0.1, 0.15) is 31.0 Å². The van der Waals surface area contributed by atoms with Crippen molar-refractivity contribution in [2.75, 3.05) is 0 Å². The Kier molecular flexibility index (Phi) is 3.15. The van der Waals surface area contributed by atoms with Gasteiger partial charge in [-0.2, -0.15) is 18.3 Å². The first kappa shape index (κ1) is 12.7. The Morgan fingerprint density at radius 1 is 1.06 bits per heavy atom. The van der Waals surface area contributed by atoms with Crippen molar-refractivity contribution < 1.29 is 13.2 Å². The maximum Gasteiger partial charge on any atom is 0.435 e. The van der Waals surface area contributed by atoms with E-state index in [9.17, 15) is 13.2 Å². The van der Waals surface area contributed by atoms with E-state index in [0.717, 1.165) is 11.6 Å². The lowest BCUT2D eigenvalue weighted by molar-refractivity contribution is -0.141. The monoisotopic (exact) mass is 254 g/mol. The molecule has 0 bridgehead atoms. The molecule has 0 amide bonds. The molecule has 5 heteroatoms. The highest BCUT2D eigenvalue weighted by Gasteiger charge is 2.33. The van der Waals surface area contributed by atoms with Crippen LogP contribution < -0.4 is 0 Å². The van der Waals surface area contributed by atoms with Gasteiger partial charge in [0.25, 0.3) is 0 Å². The highest BCUT2D eigenvalue weighted by molar-refractivity contribution is 5.35. The average Bonchev–Trinajstić information content (AvgIpc) is 2.78. The molecule has 2 aromatic rings. The molecule has 2 rings (SSSR count). The standard InChI is InChI=1S/C13H13F3N2/c1-9(2)10-3-5-11(6-4-10)18-8-7-12(17-18)13(14,15)16/h3-9H,1-2H3. The van der Waals surface area contributed by atoms with Crippen molar-refractivity contribution in [2.24, 2.45) is 0 Å². The van der Waals surface area contributed by atoms with Crippen LogP contribution in [0.3, 0.4) is 0 Å². The molecule has 18 heavy (non-hydrogen) atoms. The molecule has 1 aromatic heterocycles. The van der Waals surface area contributed by atoms with Gasteiger partial charge in [-0.15, -0.1) is 0 Å². The Balaban J connectivity index is 2.29. The van der Waals surface area contributed by atoms with Crippen LogP contribution in [0, 0.1) is 0 Å². The van der Waals surface area contributed by atoms with E-state index in [2.05, 4.69) is 18.9 Å². The maximum atomic E-state index is 12.4. The maximum absolute atomic E-state index is 12.4. The third-order valence-electron chi connectivity index (χ3n) is 2.70. The molecule has 0 aliphatic rings. The fraction of sp³-hybridized carbons (Fsp3) is 0.308. The third kappa shape index (κ3) is 2.55. The molecule has 0 N–H and O–H groups in total. The predicted octanol–water partition coefficient (Wildman–Crippen LogP) is 4.01. The predicted molar refractivity (Wildman–Crippen MR) is 62.7 cm³/mol. The summed E-state index contributed by atoms with van der Waals surface area (Å²) in [5.41, 5.74) is 0.882. The van der Waals surface area contributed by atoms with Gasteiger partial charge in [-0.25, -0.2) is 4.68 Å². The van der Waals surface area contributed by atoms with Crippen LogP contribution in [-0.2, 0) is 6.18 Å². The van der Waals surface area contributed by atoms with Gasteiger partial charge in [-0.3, -0.25) is 0 Å². The van der Waals surface area contributed by atoms with Gasteiger partial charge >= 0.3 is 6.18 Å². The Morgan fingerprint density at radius 2 is 1.67 bits per heavy atom. The van der Waals surface area contributed by atoms with Gasteiger partial charge in [0, 0.05) is 6.20 Å². The molecule has 0 atom stereocenters. The van der Waals surface area contributed by atoms with Crippen LogP contribution in [-0.4, -0.2) is 9.78 Å². The number of hydrogen-bond acceptors (Lipinski definition) is 1. The van der Waals surface area contributed by atoms with Crippen molar-refractivity contribution in [3.63, 3.8) is 0 Å². The number of benzene rings is 1. The minimum atomic E-state index is -4.40. The van der Waals surface area contributed by atoms with Crippen LogP contribution in [0.4, 0.5) is 13.2 Å². The summed E-state index contributed by atoms with van der Waals surface area (Å²) in [4.78, 5) is 0. The van der Waals surface area contributed by atoms with Crippen molar-refractivity contribution in [1.29, 1.82) is 0 Å². The Morgan fingerprint density at radius 3 is 2.11 bits per heavy atom. The smallest absolute Gasteiger partial charge is 0.240 e. The molecule has 0 unspecified atom stereocenters. The fourth-order valence-corrected chi connectivity index (χ4v) is 1.63. The minimum Gasteiger partial charge on any atom is -0.240 e. The van der Waals surface area contributed by atoms with Crippen LogP contribution in [0.15, 0.2) is 36.5 Å². The molecule has 0 saturated heterocycles. The van der Waals surface area contributed by atoms with Gasteiger partial charge < -0.3 is 0 Å². The lowest BCUT2D eigenvalue weighted by atomic mass is 10.0. The highest BCUT2D eigenvalue weighted by atomic mass is 19.4. The molecule has 0 spiro atoms. The van der Waals surface area contributed by atoms with Crippen molar-refractivity contribution in [3.05, 3.63) is 47.8 Å². The van der Waals surface area contributed by atoms with Gasteiger partial charge in [0.2, 0.25) is 0 Å². The van der Waals surface area contributed by atoms with E-state index < -0.39 is 11.9 Å². The summed E-state index contributed by atoms with van der Waals surface area (Å²) in [6.07, 6.45) is -3.09. The van der Waals surface area contributed by atoms with Crippen molar-refractivity contribution in [1.82, 2.24) is 9.78 Å². The minimum absolute atomic E-state index is 0.391. The SMILES string of the molecule is CC(C)c1ccc(-n2ccc(C(F)(F)F)n2)cc1. The number of hydrogen-bond donors (Lipinski definition) is 0. The van der Waals surface area contributed by atoms with Crippen LogP contribution in [0.25, 0.3) is 5.69 Å². The van der Waals surface area contributed by atoms with Crippen molar-refractivity contribution >= 4 is 0 Å². The topological polar surface area (TPSA) is 17.8 Å². The second kappa shape index (κ2) is 4.48. The zero-order chi connectivity index (χ0) is 13.3. The van der Waals surface area contributed by atoms with Crippen molar-refractivity contribution in [3.8, 4) is 5.69 Å². The molecular weight excluding hydrogens is 241 g/mol. The summed E-state index contributed by atoms with van der Waals surface area (Å²) in [6.45, 7) is 4.12. The average molecular weight is 254 g/mol. The molecule has 96 valence electrons. The van der Waals surface area contributed by atoms with E-state index >= 15 is 0 Å². The van der Waals surface area contributed by atoms with Gasteiger partial charge in [-0.1, -0.05) is 26.0 Å². The number of halogens is 3. The Hall–Kier alpha value is -1.78. The number of alkyl halides is 3. The van der Waals surface area contributed by atoms with E-state index in [1.54, 1.807) is 12.1 Å². The molecule has 1 aromatic carbocycles. The van der Waals surface area contributed by atoms with E-state index in [1.807, 2.05) is 12.1 Å². The van der Waals surface area contributed by atoms with Crippen LogP contribution in [0.2, 0.25) is 0 Å². The molecule has 2 nitrogen and oxygen atoms in total. The molecular formula is C13H13F3N2. The molecule has 0 fully saturated rings. The van der Waals surface area contributed by atoms with E-state index in [1.165, 1.54) is 10.9 Å². The summed E-state index contributed by atoms with van der Waals surface area (Å²) < 4.78 is 38.5. The molecule has 0 aliphatic carbocycles. The summed E-state index contributed by atoms with van der Waals surface area (Å²) in [7, 11) is 0. The normalized spacial score (nSPS) is 12.1. The van der Waals surface area contributed by atoms with E-state index in [4.69, 9.17) is 0 Å². The van der Waals surface area contributed by atoms with Crippen LogP contribution in [0.5, 0.6) is 0 Å². The summed E-state index contributed by atoms with van der Waals surface area (Å²) in [6, 6.07) is 8.30. The first-order valence-corrected chi connectivity index (χ1v) is 5.61. The highest BCUT2D eigenvalue weighted by Crippen LogP contribution is 2.28.